The van der Waals surface area contributed by atoms with Gasteiger partial charge in [0.25, 0.3) is 0 Å². The van der Waals surface area contributed by atoms with Gasteiger partial charge in [0.05, 0.1) is 11.4 Å². The SMILES string of the molecule is CCN(CC)S(=O)(=O)c1cccc(NC(=O)CN(C2CC2)C2CCc3ccccc32)c1. The first-order chi connectivity index (χ1) is 14.9. The highest BCUT2D eigenvalue weighted by Crippen LogP contribution is 2.41. The van der Waals surface area contributed by atoms with Crippen molar-refractivity contribution in [3.05, 3.63) is 59.7 Å². The van der Waals surface area contributed by atoms with E-state index in [1.807, 2.05) is 13.8 Å². The minimum absolute atomic E-state index is 0.103. The lowest BCUT2D eigenvalue weighted by Crippen LogP contribution is -2.37. The highest BCUT2D eigenvalue weighted by molar-refractivity contribution is 7.89. The lowest BCUT2D eigenvalue weighted by Gasteiger charge is -2.29. The Hall–Kier alpha value is -2.22. The molecule has 1 fully saturated rings. The third-order valence-corrected chi connectivity index (χ3v) is 8.35. The van der Waals surface area contributed by atoms with Gasteiger partial charge in [0.2, 0.25) is 15.9 Å². The highest BCUT2D eigenvalue weighted by Gasteiger charge is 2.38. The Bertz CT molecular complexity index is 1050. The Balaban J connectivity index is 1.47. The highest BCUT2D eigenvalue weighted by atomic mass is 32.2. The number of amides is 1. The molecule has 0 spiro atoms. The van der Waals surface area contributed by atoms with Crippen LogP contribution in [0, 0.1) is 0 Å². The number of fused-ring (bicyclic) bond motifs is 1. The van der Waals surface area contributed by atoms with Crippen LogP contribution in [0.25, 0.3) is 0 Å². The minimum atomic E-state index is -3.56. The van der Waals surface area contributed by atoms with Crippen LogP contribution in [-0.2, 0) is 21.2 Å². The molecule has 0 aromatic heterocycles. The summed E-state index contributed by atoms with van der Waals surface area (Å²) >= 11 is 0. The molecule has 0 radical (unpaired) electrons. The molecule has 0 bridgehead atoms. The fourth-order valence-corrected chi connectivity index (χ4v) is 6.10. The van der Waals surface area contributed by atoms with Crippen molar-refractivity contribution in [2.24, 2.45) is 0 Å². The topological polar surface area (TPSA) is 69.7 Å². The van der Waals surface area contributed by atoms with Crippen LogP contribution in [0.2, 0.25) is 0 Å². The second-order valence-corrected chi connectivity index (χ2v) is 10.3. The van der Waals surface area contributed by atoms with E-state index < -0.39 is 10.0 Å². The van der Waals surface area contributed by atoms with Crippen molar-refractivity contribution < 1.29 is 13.2 Å². The first kappa shape index (κ1) is 22.0. The molecule has 0 heterocycles. The molecule has 31 heavy (non-hydrogen) atoms. The summed E-state index contributed by atoms with van der Waals surface area (Å²) in [5.41, 5.74) is 3.24. The fourth-order valence-electron chi connectivity index (χ4n) is 4.59. The number of sulfonamides is 1. The monoisotopic (exact) mass is 441 g/mol. The summed E-state index contributed by atoms with van der Waals surface area (Å²) in [5, 5.41) is 2.93. The van der Waals surface area contributed by atoms with Crippen molar-refractivity contribution in [1.82, 2.24) is 9.21 Å². The van der Waals surface area contributed by atoms with Crippen LogP contribution in [0.3, 0.4) is 0 Å². The number of hydrogen-bond acceptors (Lipinski definition) is 4. The van der Waals surface area contributed by atoms with E-state index in [4.69, 9.17) is 0 Å². The molecular weight excluding hydrogens is 410 g/mol. The Morgan fingerprint density at radius 2 is 1.77 bits per heavy atom. The van der Waals surface area contributed by atoms with Gasteiger partial charge in [-0.1, -0.05) is 44.2 Å². The van der Waals surface area contributed by atoms with E-state index in [2.05, 4.69) is 34.5 Å². The molecule has 2 aromatic carbocycles. The molecule has 7 heteroatoms. The van der Waals surface area contributed by atoms with Gasteiger partial charge in [0.1, 0.15) is 0 Å². The molecule has 4 rings (SSSR count). The number of carbonyl (C=O) groups is 1. The van der Waals surface area contributed by atoms with Crippen LogP contribution < -0.4 is 5.32 Å². The van der Waals surface area contributed by atoms with Gasteiger partial charge in [-0.3, -0.25) is 9.69 Å². The largest absolute Gasteiger partial charge is 0.325 e. The molecule has 1 amide bonds. The van der Waals surface area contributed by atoms with Gasteiger partial charge in [-0.05, 0) is 55.0 Å². The smallest absolute Gasteiger partial charge is 0.243 e. The lowest BCUT2D eigenvalue weighted by molar-refractivity contribution is -0.118. The number of nitrogens with zero attached hydrogens (tertiary/aromatic N) is 2. The number of benzene rings is 2. The maximum absolute atomic E-state index is 12.9. The first-order valence-corrected chi connectivity index (χ1v) is 12.6. The Morgan fingerprint density at radius 1 is 1.03 bits per heavy atom. The maximum atomic E-state index is 12.9. The maximum Gasteiger partial charge on any atom is 0.243 e. The van der Waals surface area contributed by atoms with E-state index in [1.165, 1.54) is 15.4 Å². The third-order valence-electron chi connectivity index (χ3n) is 6.30. The molecule has 6 nitrogen and oxygen atoms in total. The van der Waals surface area contributed by atoms with Gasteiger partial charge in [-0.25, -0.2) is 8.42 Å². The molecule has 1 unspecified atom stereocenters. The van der Waals surface area contributed by atoms with Crippen LogP contribution in [-0.4, -0.2) is 49.2 Å². The summed E-state index contributed by atoms with van der Waals surface area (Å²) in [4.78, 5) is 15.5. The number of aryl methyl sites for hydroxylation is 1. The zero-order valence-electron chi connectivity index (χ0n) is 18.3. The van der Waals surface area contributed by atoms with E-state index in [0.29, 0.717) is 31.4 Å². The molecule has 1 saturated carbocycles. The average Bonchev–Trinajstić information content (AvgIpc) is 3.52. The number of carbonyl (C=O) groups excluding carboxylic acids is 1. The van der Waals surface area contributed by atoms with Crippen LogP contribution >= 0.6 is 0 Å². The van der Waals surface area contributed by atoms with E-state index in [9.17, 15) is 13.2 Å². The quantitative estimate of drug-likeness (QED) is 0.643. The van der Waals surface area contributed by atoms with Crippen molar-refractivity contribution in [3.8, 4) is 0 Å². The summed E-state index contributed by atoms with van der Waals surface area (Å²) in [6.45, 7) is 4.78. The van der Waals surface area contributed by atoms with Crippen LogP contribution in [0.1, 0.15) is 50.3 Å². The van der Waals surface area contributed by atoms with Crippen molar-refractivity contribution in [2.45, 2.75) is 56.5 Å². The van der Waals surface area contributed by atoms with Gasteiger partial charge in [-0.15, -0.1) is 0 Å². The van der Waals surface area contributed by atoms with Crippen molar-refractivity contribution in [2.75, 3.05) is 25.0 Å². The van der Waals surface area contributed by atoms with Gasteiger partial charge >= 0.3 is 0 Å². The molecular formula is C24H31N3O3S. The molecule has 166 valence electrons. The van der Waals surface area contributed by atoms with Gasteiger partial charge < -0.3 is 5.32 Å². The van der Waals surface area contributed by atoms with Crippen LogP contribution in [0.4, 0.5) is 5.69 Å². The average molecular weight is 442 g/mol. The molecule has 0 aliphatic heterocycles. The number of nitrogens with one attached hydrogen (secondary N) is 1. The van der Waals surface area contributed by atoms with Crippen LogP contribution in [0.5, 0.6) is 0 Å². The molecule has 1 N–H and O–H groups in total. The fraction of sp³-hybridized carbons (Fsp3) is 0.458. The van der Waals surface area contributed by atoms with E-state index in [-0.39, 0.29) is 16.8 Å². The van der Waals surface area contributed by atoms with E-state index >= 15 is 0 Å². The van der Waals surface area contributed by atoms with Crippen molar-refractivity contribution in [3.63, 3.8) is 0 Å². The summed E-state index contributed by atoms with van der Waals surface area (Å²) in [7, 11) is -3.56. The molecule has 2 aliphatic rings. The minimum Gasteiger partial charge on any atom is -0.325 e. The van der Waals surface area contributed by atoms with Crippen molar-refractivity contribution in [1.29, 1.82) is 0 Å². The molecule has 2 aliphatic carbocycles. The Kier molecular flexibility index (Phi) is 6.46. The first-order valence-electron chi connectivity index (χ1n) is 11.2. The summed E-state index contributed by atoms with van der Waals surface area (Å²) < 4.78 is 27.0. The van der Waals surface area contributed by atoms with Gasteiger partial charge in [-0.2, -0.15) is 4.31 Å². The number of anilines is 1. The molecule has 1 atom stereocenters. The van der Waals surface area contributed by atoms with Crippen molar-refractivity contribution >= 4 is 21.6 Å². The lowest BCUT2D eigenvalue weighted by atomic mass is 10.1. The summed E-state index contributed by atoms with van der Waals surface area (Å²) in [5.74, 6) is -0.103. The standard InChI is InChI=1S/C24H31N3O3S/c1-3-26(4-2)31(29,30)21-10-7-9-19(16-21)25-24(28)17-27(20-13-14-20)23-15-12-18-8-5-6-11-22(18)23/h5-11,16,20,23H,3-4,12-15,17H2,1-2H3,(H,25,28). The normalized spacial score (nSPS) is 18.4. The third kappa shape index (κ3) is 4.68. The Labute approximate surface area is 185 Å². The van der Waals surface area contributed by atoms with Gasteiger partial charge in [0.15, 0.2) is 0 Å². The predicted molar refractivity (Wildman–Crippen MR) is 122 cm³/mol. The number of hydrogen-bond donors (Lipinski definition) is 1. The zero-order chi connectivity index (χ0) is 22.0. The second kappa shape index (κ2) is 9.10. The molecule has 0 saturated heterocycles. The predicted octanol–water partition coefficient (Wildman–Crippen LogP) is 3.81. The summed E-state index contributed by atoms with van der Waals surface area (Å²) in [6.07, 6.45) is 4.35. The zero-order valence-corrected chi connectivity index (χ0v) is 19.1. The van der Waals surface area contributed by atoms with E-state index in [0.717, 1.165) is 25.7 Å². The number of rotatable bonds is 9. The van der Waals surface area contributed by atoms with E-state index in [1.54, 1.807) is 24.3 Å². The Morgan fingerprint density at radius 3 is 2.48 bits per heavy atom. The van der Waals surface area contributed by atoms with Gasteiger partial charge in [0, 0.05) is 30.9 Å². The molecule has 2 aromatic rings. The second-order valence-electron chi connectivity index (χ2n) is 8.32. The summed E-state index contributed by atoms with van der Waals surface area (Å²) in [6, 6.07) is 15.8. The van der Waals surface area contributed by atoms with Crippen LogP contribution in [0.15, 0.2) is 53.4 Å².